The zero-order valence-electron chi connectivity index (χ0n) is 7.81. The van der Waals surface area contributed by atoms with Gasteiger partial charge in [0.2, 0.25) is 0 Å². The van der Waals surface area contributed by atoms with Crippen LogP contribution in [0, 0.1) is 0 Å². The fourth-order valence-electron chi connectivity index (χ4n) is 1.34. The summed E-state index contributed by atoms with van der Waals surface area (Å²) in [6.07, 6.45) is 6.87. The monoisotopic (exact) mass is 255 g/mol. The Labute approximate surface area is 104 Å². The summed E-state index contributed by atoms with van der Waals surface area (Å²) in [7, 11) is 1.78. The molecule has 13 heavy (non-hydrogen) atoms. The van der Waals surface area contributed by atoms with Crippen LogP contribution < -0.4 is 24.8 Å². The van der Waals surface area contributed by atoms with Crippen LogP contribution >= 0.6 is 0 Å². The molecule has 1 atom stereocenters. The molecule has 73 valence electrons. The van der Waals surface area contributed by atoms with E-state index in [0.29, 0.717) is 6.10 Å². The largest absolute Gasteiger partial charge is 1.00 e. The smallest absolute Gasteiger partial charge is 1.00 e. The van der Waals surface area contributed by atoms with Gasteiger partial charge in [0, 0.05) is 0 Å². The van der Waals surface area contributed by atoms with Crippen molar-refractivity contribution in [2.75, 3.05) is 7.11 Å². The van der Waals surface area contributed by atoms with Crippen LogP contribution in [0.2, 0.25) is 0 Å². The molecule has 1 rings (SSSR count). The van der Waals surface area contributed by atoms with Gasteiger partial charge in [0.1, 0.15) is 0 Å². The number of hydrogen-bond acceptors (Lipinski definition) is 1. The van der Waals surface area contributed by atoms with Crippen molar-refractivity contribution < 1.29 is 50.0 Å². The van der Waals surface area contributed by atoms with E-state index in [-0.39, 0.29) is 24.8 Å². The Bertz CT molecular complexity index is 198. The van der Waals surface area contributed by atoms with E-state index in [1.165, 1.54) is 9.45 Å². The molecule has 0 fully saturated rings. The average Bonchev–Trinajstić information content (AvgIpc) is 2.40. The summed E-state index contributed by atoms with van der Waals surface area (Å²) in [5.41, 5.74) is 1.38. The van der Waals surface area contributed by atoms with Crippen molar-refractivity contribution in [1.82, 2.24) is 0 Å². The predicted molar refractivity (Wildman–Crippen MR) is 41.9 cm³/mol. The molecule has 0 saturated carbocycles. The van der Waals surface area contributed by atoms with E-state index in [1.54, 1.807) is 7.11 Å². The van der Waals surface area contributed by atoms with Gasteiger partial charge < -0.3 is 24.8 Å². The molecule has 1 unspecified atom stereocenters. The molecule has 0 radical (unpaired) electrons. The van der Waals surface area contributed by atoms with Crippen molar-refractivity contribution in [2.24, 2.45) is 0 Å². The Kier molecular flexibility index (Phi) is 10.0. The van der Waals surface area contributed by atoms with Crippen molar-refractivity contribution in [3.8, 4) is 0 Å². The van der Waals surface area contributed by atoms with E-state index in [9.17, 15) is 0 Å². The Balaban J connectivity index is 0. The van der Waals surface area contributed by atoms with Gasteiger partial charge in [-0.05, 0) is 0 Å². The summed E-state index contributed by atoms with van der Waals surface area (Å²) in [6, 6.07) is 0. The molecule has 0 amide bonds. The first-order valence-electron chi connectivity index (χ1n) is 3.93. The quantitative estimate of drug-likeness (QED) is 0.470. The number of rotatable bonds is 3. The third-order valence-electron chi connectivity index (χ3n) is 1.97. The minimum Gasteiger partial charge on any atom is -1.00 e. The minimum atomic E-state index is 0. The van der Waals surface area contributed by atoms with Crippen LogP contribution in [-0.2, 0) is 25.2 Å². The van der Waals surface area contributed by atoms with E-state index in [2.05, 4.69) is 39.5 Å². The molecule has 4 heteroatoms. The van der Waals surface area contributed by atoms with Gasteiger partial charge in [-0.3, -0.25) is 0 Å². The third-order valence-corrected chi connectivity index (χ3v) is 2.74. The minimum absolute atomic E-state index is 0. The van der Waals surface area contributed by atoms with E-state index in [1.807, 2.05) is 0 Å². The molecule has 0 aliphatic heterocycles. The molecule has 0 aromatic carbocycles. The maximum absolute atomic E-state index is 5.34. The standard InChI is InChI=1S/C9H13O.2ClH.Ti/c1-3-9(10-2)8-6-4-5-7-8;;;/h4,6,9H,3,5H2,1-2H3;2*1H;/q;;;+2/p-2. The molecule has 1 nitrogen and oxygen atoms in total. The number of hydrogen-bond donors (Lipinski definition) is 0. The Morgan fingerprint density at radius 1 is 1.54 bits per heavy atom. The van der Waals surface area contributed by atoms with Crippen LogP contribution in [0.1, 0.15) is 19.8 Å². The second-order valence-corrected chi connectivity index (χ2v) is 3.62. The number of ether oxygens (including phenoxy) is 1. The Morgan fingerprint density at radius 2 is 2.15 bits per heavy atom. The molecule has 1 aliphatic carbocycles. The van der Waals surface area contributed by atoms with Gasteiger partial charge in [0.25, 0.3) is 0 Å². The van der Waals surface area contributed by atoms with Crippen LogP contribution in [0.25, 0.3) is 0 Å². The maximum atomic E-state index is 5.34. The fraction of sp³-hybridized carbons (Fsp3) is 0.556. The van der Waals surface area contributed by atoms with Crippen LogP contribution in [0.4, 0.5) is 0 Å². The molecule has 0 bridgehead atoms. The summed E-state index contributed by atoms with van der Waals surface area (Å²) in [4.78, 5) is 0. The van der Waals surface area contributed by atoms with Crippen LogP contribution in [0.3, 0.4) is 0 Å². The predicted octanol–water partition coefficient (Wildman–Crippen LogP) is -3.82. The normalized spacial score (nSPS) is 16.6. The summed E-state index contributed by atoms with van der Waals surface area (Å²) in [6.45, 7) is 2.15. The molecule has 1 aliphatic rings. The topological polar surface area (TPSA) is 9.23 Å². The number of allylic oxidation sites excluding steroid dienone is 2. The summed E-state index contributed by atoms with van der Waals surface area (Å²) in [5.74, 6) is 0. The van der Waals surface area contributed by atoms with Crippen molar-refractivity contribution in [2.45, 2.75) is 25.9 Å². The molecule has 0 aromatic rings. The second-order valence-electron chi connectivity index (χ2n) is 2.67. The zero-order valence-corrected chi connectivity index (χ0v) is 10.9. The fourth-order valence-corrected chi connectivity index (χ4v) is 1.90. The van der Waals surface area contributed by atoms with Gasteiger partial charge in [0.05, 0.1) is 0 Å². The van der Waals surface area contributed by atoms with Gasteiger partial charge in [-0.25, -0.2) is 0 Å². The van der Waals surface area contributed by atoms with E-state index in [4.69, 9.17) is 4.74 Å². The SMILES string of the molecule is CCC(OC)C1=[C]([Ti+2])CC=C1.[Cl-].[Cl-]. The summed E-state index contributed by atoms with van der Waals surface area (Å²) < 4.78 is 6.80. The van der Waals surface area contributed by atoms with E-state index in [0.717, 1.165) is 12.8 Å². The first-order chi connectivity index (χ1) is 5.29. The molecular weight excluding hydrogens is 243 g/mol. The Morgan fingerprint density at radius 3 is 2.46 bits per heavy atom. The first-order valence-corrected chi connectivity index (χ1v) is 4.71. The van der Waals surface area contributed by atoms with E-state index < -0.39 is 0 Å². The second kappa shape index (κ2) is 8.08. The zero-order chi connectivity index (χ0) is 8.27. The molecule has 0 heterocycles. The van der Waals surface area contributed by atoms with Gasteiger partial charge in [-0.15, -0.1) is 0 Å². The van der Waals surface area contributed by atoms with Gasteiger partial charge in [-0.1, -0.05) is 0 Å². The van der Waals surface area contributed by atoms with Crippen molar-refractivity contribution in [3.05, 3.63) is 21.6 Å². The first kappa shape index (κ1) is 16.2. The van der Waals surface area contributed by atoms with Crippen LogP contribution in [0.5, 0.6) is 0 Å². The third kappa shape index (κ3) is 4.18. The maximum Gasteiger partial charge on any atom is -1.00 e. The van der Waals surface area contributed by atoms with Gasteiger partial charge in [0.15, 0.2) is 0 Å². The molecule has 0 saturated heterocycles. The van der Waals surface area contributed by atoms with Crippen molar-refractivity contribution in [1.29, 1.82) is 0 Å². The molecular formula is C9H13Cl2OTi. The summed E-state index contributed by atoms with van der Waals surface area (Å²) in [5, 5.41) is 0. The average molecular weight is 256 g/mol. The van der Waals surface area contributed by atoms with Crippen LogP contribution in [0.15, 0.2) is 21.6 Å². The number of methoxy groups -OCH3 is 1. The Hall–Kier alpha value is 0.734. The van der Waals surface area contributed by atoms with Crippen LogP contribution in [-0.4, -0.2) is 13.2 Å². The van der Waals surface area contributed by atoms with Gasteiger partial charge in [-0.2, -0.15) is 0 Å². The molecule has 0 aromatic heterocycles. The van der Waals surface area contributed by atoms with Crippen molar-refractivity contribution in [3.63, 3.8) is 0 Å². The van der Waals surface area contributed by atoms with Gasteiger partial charge >= 0.3 is 79.8 Å². The van der Waals surface area contributed by atoms with Crippen molar-refractivity contribution >= 4 is 0 Å². The summed E-state index contributed by atoms with van der Waals surface area (Å²) >= 11 is 2.18. The molecule has 0 N–H and O–H groups in total. The molecule has 0 spiro atoms. The van der Waals surface area contributed by atoms with E-state index >= 15 is 0 Å². The number of halogens is 2.